The molecule has 0 spiro atoms. The minimum atomic E-state index is -2.61. The minimum absolute atomic E-state index is 0.552. The van der Waals surface area contributed by atoms with Crippen LogP contribution in [-0.2, 0) is 15.3 Å². The molecule has 0 aliphatic carbocycles. The Kier molecular flexibility index (Phi) is 10.9. The Hall–Kier alpha value is -0.600. The van der Waals surface area contributed by atoms with Crippen LogP contribution in [0.2, 0.25) is 0 Å². The van der Waals surface area contributed by atoms with Crippen LogP contribution in [0.5, 0.6) is 0 Å². The normalized spacial score (nSPS) is 10.9. The van der Waals surface area contributed by atoms with Gasteiger partial charge in [-0.25, -0.2) is 0 Å². The highest BCUT2D eigenvalue weighted by Crippen LogP contribution is 1.97. The van der Waals surface area contributed by atoms with Crippen LogP contribution in [0.1, 0.15) is 6.42 Å². The number of carboxylic acids is 1. The van der Waals surface area contributed by atoms with Crippen LogP contribution in [0.4, 0.5) is 0 Å². The van der Waals surface area contributed by atoms with Crippen molar-refractivity contribution in [3.63, 3.8) is 0 Å². The lowest BCUT2D eigenvalue weighted by Crippen LogP contribution is -2.30. The molecule has 0 heterocycles. The predicted molar refractivity (Wildman–Crippen MR) is 50.2 cm³/mol. The molecule has 0 fully saturated rings. The van der Waals surface area contributed by atoms with E-state index in [1.54, 1.807) is 11.8 Å². The first-order valence-corrected chi connectivity index (χ1v) is 5.66. The molecular weight excluding hydrogens is 216 g/mol. The molecule has 0 radical (unpaired) electrons. The van der Waals surface area contributed by atoms with E-state index in [1.807, 2.05) is 6.26 Å². The van der Waals surface area contributed by atoms with E-state index >= 15 is 0 Å². The topological polar surface area (TPSA) is 121 Å². The number of aliphatic carboxylic acids is 1. The van der Waals surface area contributed by atoms with E-state index in [9.17, 15) is 4.79 Å². The van der Waals surface area contributed by atoms with Gasteiger partial charge in [0.25, 0.3) is 0 Å². The van der Waals surface area contributed by atoms with Gasteiger partial charge in [0, 0.05) is 0 Å². The van der Waals surface area contributed by atoms with Gasteiger partial charge in [-0.15, -0.1) is 0 Å². The molecule has 1 atom stereocenters. The van der Waals surface area contributed by atoms with Crippen LogP contribution in [-0.4, -0.2) is 37.5 Å². The maximum Gasteiger partial charge on any atom is 0.320 e. The third-order valence-corrected chi connectivity index (χ3v) is 1.59. The van der Waals surface area contributed by atoms with E-state index in [-0.39, 0.29) is 0 Å². The van der Waals surface area contributed by atoms with Gasteiger partial charge in [0.05, 0.1) is 0 Å². The van der Waals surface area contributed by atoms with Gasteiger partial charge in [-0.2, -0.15) is 25.0 Å². The third-order valence-electron chi connectivity index (χ3n) is 0.950. The number of hydrogen-bond donors (Lipinski definition) is 3. The molecule has 1 unspecified atom stereocenters. The standard InChI is InChI=1S/C5H11NO2S.HNO2S/c1-9-3-2-4(6)5(7)8;1-4(2)3/h4H,2-3,6H2,1H3,(H,7,8);1H. The molecule has 0 saturated heterocycles. The van der Waals surface area contributed by atoms with E-state index in [4.69, 9.17) is 24.0 Å². The van der Waals surface area contributed by atoms with Crippen molar-refractivity contribution < 1.29 is 18.3 Å². The molecule has 0 aromatic heterocycles. The second-order valence-corrected chi connectivity index (χ2v) is 3.42. The summed E-state index contributed by atoms with van der Waals surface area (Å²) in [4.78, 5) is 10.1. The number of nitrogens with two attached hydrogens (primary N) is 1. The lowest BCUT2D eigenvalue weighted by atomic mass is 10.2. The average molecular weight is 228 g/mol. The van der Waals surface area contributed by atoms with Gasteiger partial charge in [0.15, 0.2) is 0 Å². The van der Waals surface area contributed by atoms with Gasteiger partial charge in [0.1, 0.15) is 6.04 Å². The van der Waals surface area contributed by atoms with Crippen molar-refractivity contribution in [1.82, 2.24) is 0 Å². The van der Waals surface area contributed by atoms with Crippen LogP contribution in [0.15, 0.2) is 0 Å². The maximum absolute atomic E-state index is 10.1. The zero-order chi connectivity index (χ0) is 10.9. The van der Waals surface area contributed by atoms with E-state index in [2.05, 4.69) is 0 Å². The van der Waals surface area contributed by atoms with Gasteiger partial charge in [-0.3, -0.25) is 4.79 Å². The quantitative estimate of drug-likeness (QED) is 0.611. The van der Waals surface area contributed by atoms with E-state index in [0.29, 0.717) is 6.42 Å². The van der Waals surface area contributed by atoms with Crippen LogP contribution in [0.25, 0.3) is 0 Å². The summed E-state index contributed by atoms with van der Waals surface area (Å²) in [7, 11) is -2.61. The van der Waals surface area contributed by atoms with Gasteiger partial charge in [-0.05, 0) is 18.4 Å². The van der Waals surface area contributed by atoms with Crippen molar-refractivity contribution >= 4 is 28.2 Å². The fourth-order valence-electron chi connectivity index (χ4n) is 0.368. The fourth-order valence-corrected chi connectivity index (χ4v) is 0.858. The van der Waals surface area contributed by atoms with Crippen LogP contribution in [0.3, 0.4) is 0 Å². The Labute approximate surface area is 82.0 Å². The number of carbonyl (C=O) groups is 1. The largest absolute Gasteiger partial charge is 0.480 e. The number of carboxylic acid groups (broad SMARTS) is 1. The van der Waals surface area contributed by atoms with E-state index in [0.717, 1.165) is 5.75 Å². The highest BCUT2D eigenvalue weighted by Gasteiger charge is 2.08. The van der Waals surface area contributed by atoms with Gasteiger partial charge in [-0.1, -0.05) is 0 Å². The lowest BCUT2D eigenvalue weighted by molar-refractivity contribution is -0.138. The van der Waals surface area contributed by atoms with Crippen molar-refractivity contribution in [1.29, 1.82) is 4.78 Å². The van der Waals surface area contributed by atoms with Crippen molar-refractivity contribution in [3.05, 3.63) is 0 Å². The molecule has 4 N–H and O–H groups in total. The number of rotatable bonds is 4. The molecule has 0 amide bonds. The summed E-state index contributed by atoms with van der Waals surface area (Å²) >= 11 is 1.60. The Morgan fingerprint density at radius 2 is 2.08 bits per heavy atom. The van der Waals surface area contributed by atoms with Crippen LogP contribution in [0, 0.1) is 4.78 Å². The lowest BCUT2D eigenvalue weighted by Gasteiger charge is -2.02. The summed E-state index contributed by atoms with van der Waals surface area (Å²) in [6.07, 6.45) is 2.48. The maximum atomic E-state index is 10.1. The SMILES string of the molecule is CSCCC(N)C(=O)O.N=S(=O)=O. The summed E-state index contributed by atoms with van der Waals surface area (Å²) in [5.41, 5.74) is 5.19. The second kappa shape index (κ2) is 9.49. The van der Waals surface area contributed by atoms with Crippen molar-refractivity contribution in [2.45, 2.75) is 12.5 Å². The molecule has 0 rings (SSSR count). The smallest absolute Gasteiger partial charge is 0.320 e. The molecule has 0 aromatic carbocycles. The molecule has 0 aliphatic heterocycles. The molecule has 0 bridgehead atoms. The Balaban J connectivity index is 0. The van der Waals surface area contributed by atoms with Gasteiger partial charge >= 0.3 is 16.5 Å². The van der Waals surface area contributed by atoms with Gasteiger partial charge < -0.3 is 10.8 Å². The molecule has 0 aliphatic rings. The molecule has 0 aromatic rings. The molecule has 0 saturated carbocycles. The summed E-state index contributed by atoms with van der Waals surface area (Å²) < 4.78 is 22.8. The summed E-state index contributed by atoms with van der Waals surface area (Å²) in [6.45, 7) is 0. The molecule has 8 heteroatoms. The summed E-state index contributed by atoms with van der Waals surface area (Å²) in [5.74, 6) is -0.1000. The highest BCUT2D eigenvalue weighted by molar-refractivity contribution is 7.98. The van der Waals surface area contributed by atoms with Crippen molar-refractivity contribution in [3.8, 4) is 0 Å². The first-order chi connectivity index (χ1) is 5.91. The fraction of sp³-hybridized carbons (Fsp3) is 0.800. The number of thioether (sulfide) groups is 1. The second-order valence-electron chi connectivity index (χ2n) is 1.96. The van der Waals surface area contributed by atoms with Crippen LogP contribution < -0.4 is 5.73 Å². The average Bonchev–Trinajstić information content (AvgIpc) is 1.98. The van der Waals surface area contributed by atoms with E-state index < -0.39 is 22.5 Å². The Bertz CT molecular complexity index is 229. The monoisotopic (exact) mass is 228 g/mol. The zero-order valence-corrected chi connectivity index (χ0v) is 8.69. The molecular formula is C5H12N2O4S2. The molecule has 6 nitrogen and oxygen atoms in total. The van der Waals surface area contributed by atoms with Crippen molar-refractivity contribution in [2.24, 2.45) is 5.73 Å². The zero-order valence-electron chi connectivity index (χ0n) is 7.06. The first kappa shape index (κ1) is 14.9. The predicted octanol–water partition coefficient (Wildman–Crippen LogP) is -0.221. The first-order valence-electron chi connectivity index (χ1n) is 3.19. The van der Waals surface area contributed by atoms with E-state index in [1.165, 1.54) is 0 Å². The third kappa shape index (κ3) is 18.4. The van der Waals surface area contributed by atoms with Gasteiger partial charge in [0.2, 0.25) is 0 Å². The van der Waals surface area contributed by atoms with Crippen molar-refractivity contribution in [2.75, 3.05) is 12.0 Å². The summed E-state index contributed by atoms with van der Waals surface area (Å²) in [6, 6.07) is -0.683. The minimum Gasteiger partial charge on any atom is -0.480 e. The molecule has 78 valence electrons. The summed E-state index contributed by atoms with van der Waals surface area (Å²) in [5, 5.41) is 8.27. The highest BCUT2D eigenvalue weighted by atomic mass is 32.2. The number of nitrogens with one attached hydrogen (secondary N) is 1. The number of hydrogen-bond acceptors (Lipinski definition) is 6. The molecule has 13 heavy (non-hydrogen) atoms. The Morgan fingerprint density at radius 1 is 1.69 bits per heavy atom. The Morgan fingerprint density at radius 3 is 2.31 bits per heavy atom. The van der Waals surface area contributed by atoms with Crippen LogP contribution >= 0.6 is 11.8 Å².